The summed E-state index contributed by atoms with van der Waals surface area (Å²) in [6, 6.07) is 8.41. The van der Waals surface area contributed by atoms with Crippen LogP contribution in [0.4, 0.5) is 11.5 Å². The highest BCUT2D eigenvalue weighted by Gasteiger charge is 2.26. The molecule has 5 rings (SSSR count). The van der Waals surface area contributed by atoms with E-state index in [0.717, 1.165) is 16.7 Å². The van der Waals surface area contributed by atoms with E-state index in [4.69, 9.17) is 15.2 Å². The van der Waals surface area contributed by atoms with Crippen molar-refractivity contribution >= 4 is 33.3 Å². The third-order valence-corrected chi connectivity index (χ3v) is 6.20. The molecule has 2 aromatic carbocycles. The van der Waals surface area contributed by atoms with Crippen LogP contribution in [0.2, 0.25) is 0 Å². The Balaban J connectivity index is 1.46. The van der Waals surface area contributed by atoms with Crippen molar-refractivity contribution < 1.29 is 9.47 Å². The first kappa shape index (κ1) is 20.8. The molecule has 2 aromatic heterocycles. The zero-order valence-electron chi connectivity index (χ0n) is 18.4. The van der Waals surface area contributed by atoms with Gasteiger partial charge in [-0.25, -0.2) is 14.8 Å². The molecule has 0 radical (unpaired) electrons. The van der Waals surface area contributed by atoms with Crippen LogP contribution in [0.5, 0.6) is 11.5 Å². The van der Waals surface area contributed by atoms with Gasteiger partial charge in [0.2, 0.25) is 0 Å². The number of hydrogen-bond acceptors (Lipinski definition) is 8. The Hall–Kier alpha value is -4.08. The fourth-order valence-corrected chi connectivity index (χ4v) is 4.53. The summed E-state index contributed by atoms with van der Waals surface area (Å²) in [4.78, 5) is 39.6. The highest BCUT2D eigenvalue weighted by molar-refractivity contribution is 5.92. The summed E-state index contributed by atoms with van der Waals surface area (Å²) in [6.07, 6.45) is 2.77. The fraction of sp³-hybridized carbons (Fsp3) is 0.304. The van der Waals surface area contributed by atoms with Crippen molar-refractivity contribution in [2.45, 2.75) is 18.9 Å². The van der Waals surface area contributed by atoms with Crippen LogP contribution in [-0.2, 0) is 0 Å². The Labute approximate surface area is 188 Å². The van der Waals surface area contributed by atoms with E-state index < -0.39 is 5.69 Å². The first-order chi connectivity index (χ1) is 16.0. The van der Waals surface area contributed by atoms with Gasteiger partial charge in [-0.2, -0.15) is 0 Å². The number of fused-ring (bicyclic) bond motifs is 2. The van der Waals surface area contributed by atoms with Crippen LogP contribution < -0.4 is 31.4 Å². The van der Waals surface area contributed by atoms with E-state index >= 15 is 0 Å². The Kier molecular flexibility index (Phi) is 5.12. The number of benzene rings is 2. The van der Waals surface area contributed by atoms with E-state index in [0.29, 0.717) is 54.0 Å². The predicted molar refractivity (Wildman–Crippen MR) is 126 cm³/mol. The van der Waals surface area contributed by atoms with Crippen LogP contribution in [0.1, 0.15) is 18.9 Å². The number of nitrogens with two attached hydrogens (primary N) is 1. The zero-order valence-corrected chi connectivity index (χ0v) is 18.4. The molecule has 0 aliphatic carbocycles. The van der Waals surface area contributed by atoms with Gasteiger partial charge in [0.05, 0.1) is 30.6 Å². The zero-order chi connectivity index (χ0) is 23.1. The summed E-state index contributed by atoms with van der Waals surface area (Å²) in [5.41, 5.74) is 6.85. The molecule has 1 fully saturated rings. The standard InChI is InChI=1S/C23H24N6O4/c1-32-19-10-15-18(11-20(19)33-2)25-12-26-21(15)28-7-5-14(6-8-28)29-22(30)16-9-13(24)3-4-17(16)27-23(29)31/h3-4,9-12,14H,5-8,24H2,1-2H3,(H,27,31). The number of methoxy groups -OCH3 is 2. The van der Waals surface area contributed by atoms with E-state index in [9.17, 15) is 9.59 Å². The first-order valence-electron chi connectivity index (χ1n) is 10.7. The molecule has 10 nitrogen and oxygen atoms in total. The van der Waals surface area contributed by atoms with Gasteiger partial charge in [0.1, 0.15) is 12.1 Å². The van der Waals surface area contributed by atoms with Gasteiger partial charge in [-0.05, 0) is 37.1 Å². The van der Waals surface area contributed by atoms with Gasteiger partial charge in [0, 0.05) is 36.3 Å². The average molecular weight is 448 g/mol. The van der Waals surface area contributed by atoms with Crippen LogP contribution in [0, 0.1) is 0 Å². The lowest BCUT2D eigenvalue weighted by atomic mass is 10.0. The number of aromatic amines is 1. The second kappa shape index (κ2) is 8.12. The molecule has 0 unspecified atom stereocenters. The molecule has 3 heterocycles. The predicted octanol–water partition coefficient (Wildman–Crippen LogP) is 2.07. The Morgan fingerprint density at radius 2 is 1.73 bits per heavy atom. The van der Waals surface area contributed by atoms with Crippen LogP contribution in [0.15, 0.2) is 46.2 Å². The quantitative estimate of drug-likeness (QED) is 0.454. The van der Waals surface area contributed by atoms with Gasteiger partial charge in [-0.1, -0.05) is 0 Å². The molecule has 1 aliphatic rings. The van der Waals surface area contributed by atoms with E-state index in [1.165, 1.54) is 10.9 Å². The number of rotatable bonds is 4. The number of nitrogen functional groups attached to an aromatic ring is 1. The van der Waals surface area contributed by atoms with Crippen molar-refractivity contribution in [3.8, 4) is 11.5 Å². The molecule has 1 aliphatic heterocycles. The van der Waals surface area contributed by atoms with Gasteiger partial charge < -0.3 is 25.1 Å². The van der Waals surface area contributed by atoms with Gasteiger partial charge in [0.25, 0.3) is 5.56 Å². The number of aromatic nitrogens is 4. The molecular weight excluding hydrogens is 424 g/mol. The fourth-order valence-electron chi connectivity index (χ4n) is 4.53. The minimum atomic E-state index is -0.403. The summed E-state index contributed by atoms with van der Waals surface area (Å²) >= 11 is 0. The normalized spacial score (nSPS) is 14.7. The summed E-state index contributed by atoms with van der Waals surface area (Å²) in [5, 5.41) is 1.27. The topological polar surface area (TPSA) is 128 Å². The van der Waals surface area contributed by atoms with Crippen molar-refractivity contribution in [2.24, 2.45) is 0 Å². The maximum absolute atomic E-state index is 13.1. The minimum Gasteiger partial charge on any atom is -0.493 e. The van der Waals surface area contributed by atoms with Gasteiger partial charge in [-0.15, -0.1) is 0 Å². The molecule has 3 N–H and O–H groups in total. The van der Waals surface area contributed by atoms with Crippen LogP contribution in [0.25, 0.3) is 21.8 Å². The summed E-state index contributed by atoms with van der Waals surface area (Å²) in [7, 11) is 3.17. The third-order valence-electron chi connectivity index (χ3n) is 6.20. The van der Waals surface area contributed by atoms with Crippen molar-refractivity contribution in [3.05, 3.63) is 57.5 Å². The summed E-state index contributed by atoms with van der Waals surface area (Å²) in [5.74, 6) is 1.99. The summed E-state index contributed by atoms with van der Waals surface area (Å²) in [6.45, 7) is 1.26. The second-order valence-corrected chi connectivity index (χ2v) is 8.05. The molecular formula is C23H24N6O4. The van der Waals surface area contributed by atoms with Gasteiger partial charge in [0.15, 0.2) is 11.5 Å². The third kappa shape index (κ3) is 3.53. The van der Waals surface area contributed by atoms with E-state index in [2.05, 4.69) is 19.9 Å². The van der Waals surface area contributed by atoms with Crippen LogP contribution >= 0.6 is 0 Å². The monoisotopic (exact) mass is 448 g/mol. The van der Waals surface area contributed by atoms with E-state index in [1.807, 2.05) is 12.1 Å². The van der Waals surface area contributed by atoms with Gasteiger partial charge >= 0.3 is 5.69 Å². The molecule has 0 saturated carbocycles. The lowest BCUT2D eigenvalue weighted by Gasteiger charge is -2.33. The van der Waals surface area contributed by atoms with Crippen molar-refractivity contribution in [1.29, 1.82) is 0 Å². The first-order valence-corrected chi connectivity index (χ1v) is 10.7. The second-order valence-electron chi connectivity index (χ2n) is 8.05. The SMILES string of the molecule is COc1cc2ncnc(N3CCC(n4c(=O)[nH]c5ccc(N)cc5c4=O)CC3)c2cc1OC. The number of H-pyrrole nitrogens is 1. The molecule has 0 amide bonds. The van der Waals surface area contributed by atoms with Crippen molar-refractivity contribution in [1.82, 2.24) is 19.5 Å². The Morgan fingerprint density at radius 1 is 1.00 bits per heavy atom. The van der Waals surface area contributed by atoms with Crippen LogP contribution in [0.3, 0.4) is 0 Å². The molecule has 0 spiro atoms. The number of hydrogen-bond donors (Lipinski definition) is 2. The highest BCUT2D eigenvalue weighted by atomic mass is 16.5. The Morgan fingerprint density at radius 3 is 2.45 bits per heavy atom. The molecule has 4 aromatic rings. The minimum absolute atomic E-state index is 0.217. The number of nitrogens with one attached hydrogen (secondary N) is 1. The van der Waals surface area contributed by atoms with Crippen LogP contribution in [-0.4, -0.2) is 46.8 Å². The molecule has 1 saturated heterocycles. The van der Waals surface area contributed by atoms with Crippen molar-refractivity contribution in [2.75, 3.05) is 37.9 Å². The molecule has 170 valence electrons. The Bertz CT molecular complexity index is 1470. The lowest BCUT2D eigenvalue weighted by Crippen LogP contribution is -2.43. The number of nitrogens with zero attached hydrogens (tertiary/aromatic N) is 4. The number of piperidine rings is 1. The van der Waals surface area contributed by atoms with Gasteiger partial charge in [-0.3, -0.25) is 9.36 Å². The van der Waals surface area contributed by atoms with E-state index in [-0.39, 0.29) is 11.6 Å². The molecule has 33 heavy (non-hydrogen) atoms. The number of anilines is 2. The smallest absolute Gasteiger partial charge is 0.329 e. The largest absolute Gasteiger partial charge is 0.493 e. The average Bonchev–Trinajstić information content (AvgIpc) is 2.83. The number of ether oxygens (including phenoxy) is 2. The summed E-state index contributed by atoms with van der Waals surface area (Å²) < 4.78 is 12.2. The maximum Gasteiger partial charge on any atom is 0.329 e. The molecule has 10 heteroatoms. The maximum atomic E-state index is 13.1. The van der Waals surface area contributed by atoms with E-state index in [1.54, 1.807) is 32.4 Å². The lowest BCUT2D eigenvalue weighted by molar-refractivity contribution is 0.355. The molecule has 0 atom stereocenters. The molecule has 0 bridgehead atoms. The highest BCUT2D eigenvalue weighted by Crippen LogP contribution is 2.36. The van der Waals surface area contributed by atoms with Crippen molar-refractivity contribution in [3.63, 3.8) is 0 Å².